The van der Waals surface area contributed by atoms with E-state index in [1.807, 2.05) is 0 Å². The second-order valence-electron chi connectivity index (χ2n) is 5.00. The third kappa shape index (κ3) is 4.60. The zero-order chi connectivity index (χ0) is 17.1. The minimum atomic E-state index is -3.98. The fraction of sp³-hybridized carbons (Fsp3) is 0.200. The summed E-state index contributed by atoms with van der Waals surface area (Å²) in [5, 5.41) is 0. The predicted octanol–water partition coefficient (Wildman–Crippen LogP) is 1.75. The average Bonchev–Trinajstić information content (AvgIpc) is 2.46. The highest BCUT2D eigenvalue weighted by Crippen LogP contribution is 2.20. The van der Waals surface area contributed by atoms with Gasteiger partial charge in [-0.3, -0.25) is 0 Å². The van der Waals surface area contributed by atoms with Crippen molar-refractivity contribution in [2.45, 2.75) is 16.2 Å². The highest BCUT2D eigenvalue weighted by atomic mass is 32.2. The van der Waals surface area contributed by atoms with Gasteiger partial charge in [0.1, 0.15) is 10.7 Å². The highest BCUT2D eigenvalue weighted by Gasteiger charge is 2.22. The van der Waals surface area contributed by atoms with Crippen LogP contribution >= 0.6 is 0 Å². The van der Waals surface area contributed by atoms with Gasteiger partial charge in [0.15, 0.2) is 9.84 Å². The van der Waals surface area contributed by atoms with E-state index in [1.165, 1.54) is 42.5 Å². The summed E-state index contributed by atoms with van der Waals surface area (Å²) in [6.07, 6.45) is 1.24. The summed E-state index contributed by atoms with van der Waals surface area (Å²) in [6, 6.07) is 11.2. The Bertz CT molecular complexity index is 909. The van der Waals surface area contributed by atoms with Gasteiger partial charge in [-0.2, -0.15) is 0 Å². The summed E-state index contributed by atoms with van der Waals surface area (Å²) in [4.78, 5) is -0.542. The van der Waals surface area contributed by atoms with Crippen LogP contribution in [-0.4, -0.2) is 29.6 Å². The molecule has 0 saturated carbocycles. The van der Waals surface area contributed by atoms with Crippen molar-refractivity contribution in [3.63, 3.8) is 0 Å². The molecule has 1 N–H and O–H groups in total. The molecule has 0 unspecified atom stereocenters. The Kier molecular flexibility index (Phi) is 5.18. The molecule has 0 saturated heterocycles. The SMILES string of the molecule is CS(=O)(=O)c1ccccc1S(=O)(=O)NCCc1cccc(F)c1. The molecule has 2 aromatic carbocycles. The maximum absolute atomic E-state index is 13.1. The van der Waals surface area contributed by atoms with E-state index in [9.17, 15) is 21.2 Å². The lowest BCUT2D eigenvalue weighted by molar-refractivity contribution is 0.574. The monoisotopic (exact) mass is 357 g/mol. The molecule has 0 heterocycles. The second-order valence-corrected chi connectivity index (χ2v) is 8.72. The van der Waals surface area contributed by atoms with Gasteiger partial charge >= 0.3 is 0 Å². The van der Waals surface area contributed by atoms with Gasteiger partial charge in [0.05, 0.1) is 4.90 Å². The van der Waals surface area contributed by atoms with E-state index in [0.717, 1.165) is 6.26 Å². The lowest BCUT2D eigenvalue weighted by atomic mass is 10.1. The third-order valence-corrected chi connectivity index (χ3v) is 5.94. The highest BCUT2D eigenvalue weighted by molar-refractivity contribution is 7.93. The molecule has 0 spiro atoms. The van der Waals surface area contributed by atoms with Gasteiger partial charge in [-0.15, -0.1) is 0 Å². The third-order valence-electron chi connectivity index (χ3n) is 3.13. The molecule has 0 bridgehead atoms. The van der Waals surface area contributed by atoms with Crippen LogP contribution in [0.1, 0.15) is 5.56 Å². The largest absolute Gasteiger partial charge is 0.241 e. The molecule has 5 nitrogen and oxygen atoms in total. The van der Waals surface area contributed by atoms with E-state index in [-0.39, 0.29) is 22.8 Å². The maximum Gasteiger partial charge on any atom is 0.241 e. The normalized spacial score (nSPS) is 12.3. The number of hydrogen-bond donors (Lipinski definition) is 1. The van der Waals surface area contributed by atoms with Crippen LogP contribution in [-0.2, 0) is 26.3 Å². The van der Waals surface area contributed by atoms with Crippen LogP contribution in [0, 0.1) is 5.82 Å². The summed E-state index contributed by atoms with van der Waals surface area (Å²) in [6.45, 7) is 0.0316. The summed E-state index contributed by atoms with van der Waals surface area (Å²) < 4.78 is 63.4. The van der Waals surface area contributed by atoms with Crippen molar-refractivity contribution >= 4 is 19.9 Å². The van der Waals surface area contributed by atoms with E-state index in [4.69, 9.17) is 0 Å². The summed E-state index contributed by atoms with van der Waals surface area (Å²) in [5.74, 6) is -0.396. The molecule has 0 aliphatic carbocycles. The number of nitrogens with one attached hydrogen (secondary N) is 1. The zero-order valence-corrected chi connectivity index (χ0v) is 14.0. The Balaban J connectivity index is 2.17. The van der Waals surface area contributed by atoms with Gasteiger partial charge in [-0.25, -0.2) is 25.9 Å². The lowest BCUT2D eigenvalue weighted by Gasteiger charge is -2.10. The van der Waals surface area contributed by atoms with Crippen molar-refractivity contribution in [1.29, 1.82) is 0 Å². The Labute approximate surface area is 135 Å². The topological polar surface area (TPSA) is 80.3 Å². The molecule has 8 heteroatoms. The minimum absolute atomic E-state index is 0.0316. The first kappa shape index (κ1) is 17.6. The minimum Gasteiger partial charge on any atom is -0.224 e. The molecule has 2 rings (SSSR count). The molecule has 0 amide bonds. The summed E-state index contributed by atoms with van der Waals surface area (Å²) in [5.41, 5.74) is 0.643. The van der Waals surface area contributed by atoms with Crippen LogP contribution in [0.4, 0.5) is 4.39 Å². The molecule has 0 aromatic heterocycles. The van der Waals surface area contributed by atoms with Gasteiger partial charge in [0.2, 0.25) is 10.0 Å². The first-order valence-electron chi connectivity index (χ1n) is 6.73. The van der Waals surface area contributed by atoms with Crippen molar-refractivity contribution in [2.75, 3.05) is 12.8 Å². The number of rotatable bonds is 6. The van der Waals surface area contributed by atoms with E-state index >= 15 is 0 Å². The predicted molar refractivity (Wildman–Crippen MR) is 84.8 cm³/mol. The van der Waals surface area contributed by atoms with E-state index < -0.39 is 25.7 Å². The van der Waals surface area contributed by atoms with Crippen LogP contribution in [0.3, 0.4) is 0 Å². The van der Waals surface area contributed by atoms with Crippen LogP contribution in [0.2, 0.25) is 0 Å². The molecule has 23 heavy (non-hydrogen) atoms. The van der Waals surface area contributed by atoms with Crippen molar-refractivity contribution in [2.24, 2.45) is 0 Å². The van der Waals surface area contributed by atoms with Crippen molar-refractivity contribution in [1.82, 2.24) is 4.72 Å². The molecule has 124 valence electrons. The second kappa shape index (κ2) is 6.77. The molecule has 0 aliphatic heterocycles. The number of halogens is 1. The number of sulfone groups is 1. The molecular weight excluding hydrogens is 341 g/mol. The van der Waals surface area contributed by atoms with Crippen LogP contribution < -0.4 is 4.72 Å². The van der Waals surface area contributed by atoms with Crippen molar-refractivity contribution in [3.8, 4) is 0 Å². The van der Waals surface area contributed by atoms with E-state index in [1.54, 1.807) is 6.07 Å². The van der Waals surface area contributed by atoms with Crippen molar-refractivity contribution < 1.29 is 21.2 Å². The van der Waals surface area contributed by atoms with Gasteiger partial charge in [0.25, 0.3) is 0 Å². The smallest absolute Gasteiger partial charge is 0.224 e. The fourth-order valence-corrected chi connectivity index (χ4v) is 4.74. The molecule has 2 aromatic rings. The van der Waals surface area contributed by atoms with E-state index in [2.05, 4.69) is 4.72 Å². The lowest BCUT2D eigenvalue weighted by Crippen LogP contribution is -2.27. The number of benzene rings is 2. The maximum atomic E-state index is 13.1. The number of sulfonamides is 1. The average molecular weight is 357 g/mol. The zero-order valence-electron chi connectivity index (χ0n) is 12.4. The fourth-order valence-electron chi connectivity index (χ4n) is 2.08. The van der Waals surface area contributed by atoms with Crippen molar-refractivity contribution in [3.05, 3.63) is 59.9 Å². The van der Waals surface area contributed by atoms with E-state index in [0.29, 0.717) is 5.56 Å². The van der Waals surface area contributed by atoms with Gasteiger partial charge in [-0.1, -0.05) is 24.3 Å². The molecule has 0 fully saturated rings. The van der Waals surface area contributed by atoms with Crippen LogP contribution in [0.25, 0.3) is 0 Å². The summed E-state index contributed by atoms with van der Waals surface area (Å²) >= 11 is 0. The van der Waals surface area contributed by atoms with Crippen LogP contribution in [0.5, 0.6) is 0 Å². The first-order chi connectivity index (χ1) is 10.7. The first-order valence-corrected chi connectivity index (χ1v) is 10.1. The molecule has 0 radical (unpaired) electrons. The summed E-state index contributed by atoms with van der Waals surface area (Å²) in [7, 11) is -7.65. The standard InChI is InChI=1S/C15H16FNO4S2/c1-22(18,19)14-7-2-3-8-15(14)23(20,21)17-10-9-12-5-4-6-13(16)11-12/h2-8,11,17H,9-10H2,1H3. The Morgan fingerprint density at radius 3 is 2.22 bits per heavy atom. The number of hydrogen-bond acceptors (Lipinski definition) is 4. The van der Waals surface area contributed by atoms with Gasteiger partial charge in [0, 0.05) is 12.8 Å². The molecule has 0 aliphatic rings. The van der Waals surface area contributed by atoms with Gasteiger partial charge in [-0.05, 0) is 36.2 Å². The molecule has 0 atom stereocenters. The molecular formula is C15H16FNO4S2. The Hall–Kier alpha value is -1.77. The Morgan fingerprint density at radius 1 is 0.957 bits per heavy atom. The van der Waals surface area contributed by atoms with Gasteiger partial charge < -0.3 is 0 Å². The Morgan fingerprint density at radius 2 is 1.61 bits per heavy atom. The quantitative estimate of drug-likeness (QED) is 0.854. The van der Waals surface area contributed by atoms with Crippen LogP contribution in [0.15, 0.2) is 58.3 Å².